The largest absolute Gasteiger partial charge is 0.462 e. The topological polar surface area (TPSA) is 149 Å². The van der Waals surface area contributed by atoms with E-state index in [0.29, 0.717) is 0 Å². The van der Waals surface area contributed by atoms with Gasteiger partial charge < -0.3 is 47.7 Å². The van der Waals surface area contributed by atoms with E-state index < -0.39 is 47.9 Å². The van der Waals surface area contributed by atoms with Gasteiger partial charge in [-0.15, -0.1) is 0 Å². The van der Waals surface area contributed by atoms with E-state index >= 15 is 0 Å². The van der Waals surface area contributed by atoms with Crippen molar-refractivity contribution in [2.45, 2.75) is 51.5 Å². The van der Waals surface area contributed by atoms with Gasteiger partial charge in [-0.3, -0.25) is 0 Å². The Morgan fingerprint density at radius 1 is 0.667 bits per heavy atom. The highest BCUT2D eigenvalue weighted by Crippen LogP contribution is 2.23. The molecule has 0 aromatic rings. The van der Waals surface area contributed by atoms with Crippen LogP contribution in [-0.4, -0.2) is 124 Å². The fourth-order valence-corrected chi connectivity index (χ4v) is 3.59. The lowest BCUT2D eigenvalue weighted by atomic mass is 10.2. The van der Waals surface area contributed by atoms with Crippen LogP contribution in [0, 0.1) is 0 Å². The quantitative estimate of drug-likeness (QED) is 0.351. The third-order valence-corrected chi connectivity index (χ3v) is 5.80. The Morgan fingerprint density at radius 3 is 1.25 bits per heavy atom. The lowest BCUT2D eigenvalue weighted by molar-refractivity contribution is -0.281. The lowest BCUT2D eigenvalue weighted by Gasteiger charge is -2.38. The first-order valence-corrected chi connectivity index (χ1v) is 11.9. The molecule has 0 saturated carbocycles. The molecule has 3 heterocycles. The Hall–Kier alpha value is -2.68. The number of piperazine rings is 1. The molecule has 0 spiro atoms. The SMILES string of the molecule is CCOC(=O)C1(C)OCC(OC(=O)N2CCN(C(=O)OC3COC(C)(C(=O)OCC)OC3)CC2)CO1. The molecule has 0 radical (unpaired) electrons. The van der Waals surface area contributed by atoms with Crippen LogP contribution in [0.1, 0.15) is 27.7 Å². The van der Waals surface area contributed by atoms with Gasteiger partial charge in [0.05, 0.1) is 39.6 Å². The number of esters is 2. The van der Waals surface area contributed by atoms with Crippen LogP contribution in [-0.2, 0) is 47.5 Å². The molecule has 0 N–H and O–H groups in total. The molecular formula is C22H34N2O12. The first-order valence-electron chi connectivity index (χ1n) is 11.9. The van der Waals surface area contributed by atoms with Crippen LogP contribution in [0.5, 0.6) is 0 Å². The van der Waals surface area contributed by atoms with Crippen LogP contribution in [0.15, 0.2) is 0 Å². The third-order valence-electron chi connectivity index (χ3n) is 5.80. The molecule has 0 aliphatic carbocycles. The minimum absolute atomic E-state index is 0.0198. The first-order chi connectivity index (χ1) is 17.1. The van der Waals surface area contributed by atoms with Crippen LogP contribution < -0.4 is 0 Å². The van der Waals surface area contributed by atoms with Gasteiger partial charge in [-0.2, -0.15) is 0 Å². The molecule has 3 aliphatic heterocycles. The summed E-state index contributed by atoms with van der Waals surface area (Å²) in [6.07, 6.45) is -2.52. The summed E-state index contributed by atoms with van der Waals surface area (Å²) in [5.74, 6) is -4.35. The number of rotatable bonds is 6. The van der Waals surface area contributed by atoms with Crippen molar-refractivity contribution >= 4 is 24.1 Å². The molecule has 204 valence electrons. The number of ether oxygens (including phenoxy) is 8. The summed E-state index contributed by atoms with van der Waals surface area (Å²) >= 11 is 0. The zero-order valence-corrected chi connectivity index (χ0v) is 21.0. The first kappa shape index (κ1) is 27.9. The van der Waals surface area contributed by atoms with Gasteiger partial charge in [0.25, 0.3) is 11.6 Å². The predicted octanol–water partition coefficient (Wildman–Crippen LogP) is 0.267. The number of hydrogen-bond acceptors (Lipinski definition) is 12. The second kappa shape index (κ2) is 12.0. The summed E-state index contributed by atoms with van der Waals surface area (Å²) in [5.41, 5.74) is 0. The molecule has 3 fully saturated rings. The average Bonchev–Trinajstić information content (AvgIpc) is 2.87. The van der Waals surface area contributed by atoms with Gasteiger partial charge in [0.1, 0.15) is 0 Å². The van der Waals surface area contributed by atoms with E-state index in [4.69, 9.17) is 37.9 Å². The van der Waals surface area contributed by atoms with E-state index in [1.807, 2.05) is 0 Å². The van der Waals surface area contributed by atoms with Crippen LogP contribution in [0.2, 0.25) is 0 Å². The van der Waals surface area contributed by atoms with Gasteiger partial charge in [0.2, 0.25) is 0 Å². The maximum atomic E-state index is 12.5. The van der Waals surface area contributed by atoms with E-state index in [1.54, 1.807) is 13.8 Å². The number of carbonyl (C=O) groups is 4. The molecule has 0 aromatic carbocycles. The minimum Gasteiger partial charge on any atom is -0.462 e. The second-order valence-electron chi connectivity index (χ2n) is 8.56. The summed E-state index contributed by atoms with van der Waals surface area (Å²) in [4.78, 5) is 51.8. The monoisotopic (exact) mass is 518 g/mol. The van der Waals surface area contributed by atoms with E-state index in [-0.39, 0.29) is 65.8 Å². The van der Waals surface area contributed by atoms with E-state index in [1.165, 1.54) is 23.6 Å². The van der Waals surface area contributed by atoms with Gasteiger partial charge in [0.15, 0.2) is 12.2 Å². The van der Waals surface area contributed by atoms with Gasteiger partial charge in [0, 0.05) is 40.0 Å². The Bertz CT molecular complexity index is 731. The van der Waals surface area contributed by atoms with E-state index in [0.717, 1.165) is 0 Å². The highest BCUT2D eigenvalue weighted by atomic mass is 16.8. The molecule has 0 bridgehead atoms. The zero-order valence-electron chi connectivity index (χ0n) is 21.0. The van der Waals surface area contributed by atoms with Crippen molar-refractivity contribution in [3.05, 3.63) is 0 Å². The van der Waals surface area contributed by atoms with Crippen LogP contribution >= 0.6 is 0 Å². The van der Waals surface area contributed by atoms with Crippen molar-refractivity contribution in [2.75, 3.05) is 65.8 Å². The molecular weight excluding hydrogens is 484 g/mol. The maximum absolute atomic E-state index is 12.5. The van der Waals surface area contributed by atoms with Crippen LogP contribution in [0.25, 0.3) is 0 Å². The molecule has 0 unspecified atom stereocenters. The number of nitrogens with zero attached hydrogens (tertiary/aromatic N) is 2. The van der Waals surface area contributed by atoms with Gasteiger partial charge in [-0.25, -0.2) is 19.2 Å². The summed E-state index contributed by atoms with van der Waals surface area (Å²) in [5, 5.41) is 0. The van der Waals surface area contributed by atoms with Crippen molar-refractivity contribution in [3.8, 4) is 0 Å². The molecule has 14 heteroatoms. The molecule has 3 aliphatic rings. The Balaban J connectivity index is 1.36. The average molecular weight is 519 g/mol. The van der Waals surface area contributed by atoms with Crippen LogP contribution in [0.3, 0.4) is 0 Å². The summed E-state index contributed by atoms with van der Waals surface area (Å²) < 4.78 is 42.4. The molecule has 36 heavy (non-hydrogen) atoms. The van der Waals surface area contributed by atoms with Gasteiger partial charge >= 0.3 is 24.1 Å². The van der Waals surface area contributed by atoms with Crippen molar-refractivity contribution < 1.29 is 57.1 Å². The summed E-state index contributed by atoms with van der Waals surface area (Å²) in [7, 11) is 0. The Labute approximate surface area is 208 Å². The molecule has 3 rings (SSSR count). The molecule has 14 nitrogen and oxygen atoms in total. The Morgan fingerprint density at radius 2 is 0.972 bits per heavy atom. The van der Waals surface area contributed by atoms with Crippen LogP contribution in [0.4, 0.5) is 9.59 Å². The van der Waals surface area contributed by atoms with E-state index in [9.17, 15) is 19.2 Å². The Kier molecular flexibility index (Phi) is 9.33. The fraction of sp³-hybridized carbons (Fsp3) is 0.818. The molecule has 2 amide bonds. The normalized spacial score (nSPS) is 30.8. The molecule has 0 atom stereocenters. The number of hydrogen-bond donors (Lipinski definition) is 0. The highest BCUT2D eigenvalue weighted by Gasteiger charge is 2.44. The maximum Gasteiger partial charge on any atom is 0.410 e. The molecule has 0 aromatic heterocycles. The molecule has 3 saturated heterocycles. The van der Waals surface area contributed by atoms with E-state index in [2.05, 4.69) is 0 Å². The second-order valence-corrected chi connectivity index (χ2v) is 8.56. The zero-order chi connectivity index (χ0) is 26.3. The number of carbonyl (C=O) groups excluding carboxylic acids is 4. The summed E-state index contributed by atoms with van der Waals surface area (Å²) in [6, 6.07) is 0. The predicted molar refractivity (Wildman–Crippen MR) is 118 cm³/mol. The smallest absolute Gasteiger partial charge is 0.410 e. The van der Waals surface area contributed by atoms with Crippen molar-refractivity contribution in [2.24, 2.45) is 0 Å². The number of amides is 2. The summed E-state index contributed by atoms with van der Waals surface area (Å²) in [6.45, 7) is 7.51. The standard InChI is InChI=1S/C22H34N2O12/c1-5-29-17(25)21(3)31-11-15(12-32-21)35-19(27)23-7-9-24(10-8-23)20(28)36-16-13-33-22(4,34-14-16)18(26)30-6-2/h15-16H,5-14H2,1-4H3. The lowest BCUT2D eigenvalue weighted by Crippen LogP contribution is -2.55. The minimum atomic E-state index is -1.53. The van der Waals surface area contributed by atoms with Crippen molar-refractivity contribution in [3.63, 3.8) is 0 Å². The van der Waals surface area contributed by atoms with Crippen molar-refractivity contribution in [1.29, 1.82) is 0 Å². The third kappa shape index (κ3) is 6.75. The fourth-order valence-electron chi connectivity index (χ4n) is 3.59. The highest BCUT2D eigenvalue weighted by molar-refractivity contribution is 5.78. The van der Waals surface area contributed by atoms with Gasteiger partial charge in [-0.05, 0) is 13.8 Å². The van der Waals surface area contributed by atoms with Gasteiger partial charge in [-0.1, -0.05) is 0 Å². The van der Waals surface area contributed by atoms with Crippen molar-refractivity contribution in [1.82, 2.24) is 9.80 Å².